The van der Waals surface area contributed by atoms with E-state index in [0.29, 0.717) is 24.4 Å². The molecule has 21 heavy (non-hydrogen) atoms. The second kappa shape index (κ2) is 7.02. The number of benzene rings is 2. The normalized spacial score (nSPS) is 10.7. The zero-order valence-electron chi connectivity index (χ0n) is 11.6. The van der Waals surface area contributed by atoms with Crippen molar-refractivity contribution in [3.05, 3.63) is 59.4 Å². The van der Waals surface area contributed by atoms with Crippen molar-refractivity contribution in [1.29, 1.82) is 0 Å². The lowest BCUT2D eigenvalue weighted by Gasteiger charge is -2.10. The fraction of sp³-hybridized carbons (Fsp3) is 0.250. The summed E-state index contributed by atoms with van der Waals surface area (Å²) >= 11 is 0. The Hall–Kier alpha value is -2.17. The van der Waals surface area contributed by atoms with Gasteiger partial charge in [-0.2, -0.15) is 0 Å². The van der Waals surface area contributed by atoms with Gasteiger partial charge >= 0.3 is 0 Å². The van der Waals surface area contributed by atoms with Crippen molar-refractivity contribution >= 4 is 5.69 Å². The van der Waals surface area contributed by atoms with E-state index in [1.54, 1.807) is 25.1 Å². The monoisotopic (exact) mass is 295 g/mol. The van der Waals surface area contributed by atoms with Crippen LogP contribution in [0.2, 0.25) is 0 Å². The van der Waals surface area contributed by atoms with Crippen molar-refractivity contribution in [1.82, 2.24) is 0 Å². The maximum absolute atomic E-state index is 13.7. The Balaban J connectivity index is 2.03. The average Bonchev–Trinajstić information content (AvgIpc) is 2.48. The lowest BCUT2D eigenvalue weighted by molar-refractivity contribution is 0.151. The summed E-state index contributed by atoms with van der Waals surface area (Å²) in [5, 5.41) is 3.00. The Morgan fingerprint density at radius 2 is 1.95 bits per heavy atom. The lowest BCUT2D eigenvalue weighted by Crippen LogP contribution is -2.01. The van der Waals surface area contributed by atoms with Gasteiger partial charge in [0.25, 0.3) is 6.43 Å². The molecule has 0 aliphatic carbocycles. The first-order valence-electron chi connectivity index (χ1n) is 6.63. The van der Waals surface area contributed by atoms with Gasteiger partial charge in [-0.3, -0.25) is 0 Å². The van der Waals surface area contributed by atoms with Crippen LogP contribution in [0.3, 0.4) is 0 Å². The fourth-order valence-electron chi connectivity index (χ4n) is 1.93. The topological polar surface area (TPSA) is 21.3 Å². The molecular weight excluding hydrogens is 279 g/mol. The first-order valence-corrected chi connectivity index (χ1v) is 6.63. The molecule has 0 aliphatic rings. The van der Waals surface area contributed by atoms with Gasteiger partial charge in [-0.05, 0) is 30.7 Å². The zero-order valence-corrected chi connectivity index (χ0v) is 11.6. The first kappa shape index (κ1) is 15.2. The van der Waals surface area contributed by atoms with Crippen LogP contribution in [0.5, 0.6) is 5.75 Å². The molecule has 0 bridgehead atoms. The first-order chi connectivity index (χ1) is 10.1. The van der Waals surface area contributed by atoms with E-state index < -0.39 is 12.2 Å². The number of ether oxygens (including phenoxy) is 1. The molecule has 0 radical (unpaired) electrons. The molecule has 0 fully saturated rings. The molecule has 112 valence electrons. The molecule has 2 nitrogen and oxygen atoms in total. The molecule has 1 N–H and O–H groups in total. The third-order valence-electron chi connectivity index (χ3n) is 2.93. The molecule has 5 heteroatoms. The third-order valence-corrected chi connectivity index (χ3v) is 2.93. The number of hydrogen-bond donors (Lipinski definition) is 1. The quantitative estimate of drug-likeness (QED) is 0.828. The molecule has 0 heterocycles. The van der Waals surface area contributed by atoms with Gasteiger partial charge in [-0.25, -0.2) is 13.2 Å². The molecule has 0 aliphatic heterocycles. The van der Waals surface area contributed by atoms with E-state index in [1.165, 1.54) is 24.3 Å². The smallest absolute Gasteiger partial charge is 0.263 e. The van der Waals surface area contributed by atoms with Gasteiger partial charge in [0.05, 0.1) is 6.61 Å². The SMILES string of the molecule is CCOc1ccc(NCc2cccc(C(F)F)c2)cc1F. The van der Waals surface area contributed by atoms with Crippen LogP contribution in [0.25, 0.3) is 0 Å². The summed E-state index contributed by atoms with van der Waals surface area (Å²) in [6.45, 7) is 2.51. The van der Waals surface area contributed by atoms with E-state index in [0.717, 1.165) is 0 Å². The largest absolute Gasteiger partial charge is 0.491 e. The van der Waals surface area contributed by atoms with E-state index in [2.05, 4.69) is 5.32 Å². The molecule has 0 saturated heterocycles. The Morgan fingerprint density at radius 1 is 1.14 bits per heavy atom. The average molecular weight is 295 g/mol. The van der Waals surface area contributed by atoms with Crippen molar-refractivity contribution in [3.63, 3.8) is 0 Å². The van der Waals surface area contributed by atoms with Gasteiger partial charge in [-0.15, -0.1) is 0 Å². The van der Waals surface area contributed by atoms with Crippen molar-refractivity contribution in [2.75, 3.05) is 11.9 Å². The van der Waals surface area contributed by atoms with Crippen LogP contribution in [0, 0.1) is 5.82 Å². The van der Waals surface area contributed by atoms with Crippen molar-refractivity contribution in [3.8, 4) is 5.75 Å². The van der Waals surface area contributed by atoms with Crippen molar-refractivity contribution in [2.24, 2.45) is 0 Å². The summed E-state index contributed by atoms with van der Waals surface area (Å²) < 4.78 is 44.0. The van der Waals surface area contributed by atoms with Crippen LogP contribution in [-0.2, 0) is 6.54 Å². The van der Waals surface area contributed by atoms with Crippen molar-refractivity contribution in [2.45, 2.75) is 19.9 Å². The molecule has 0 saturated carbocycles. The molecule has 0 unspecified atom stereocenters. The van der Waals surface area contributed by atoms with Gasteiger partial charge in [0, 0.05) is 23.9 Å². The second-order valence-electron chi connectivity index (χ2n) is 4.48. The second-order valence-corrected chi connectivity index (χ2v) is 4.48. The van der Waals surface area contributed by atoms with Gasteiger partial charge in [-0.1, -0.05) is 18.2 Å². The van der Waals surface area contributed by atoms with Crippen LogP contribution in [0.15, 0.2) is 42.5 Å². The third kappa shape index (κ3) is 4.15. The summed E-state index contributed by atoms with van der Waals surface area (Å²) in [6.07, 6.45) is -2.49. The fourth-order valence-corrected chi connectivity index (χ4v) is 1.93. The Kier molecular flexibility index (Phi) is 5.09. The summed E-state index contributed by atoms with van der Waals surface area (Å²) in [6, 6.07) is 10.7. The van der Waals surface area contributed by atoms with E-state index in [9.17, 15) is 13.2 Å². The van der Waals surface area contributed by atoms with Crippen LogP contribution in [0.1, 0.15) is 24.5 Å². The molecule has 2 aromatic carbocycles. The summed E-state index contributed by atoms with van der Waals surface area (Å²) in [5.41, 5.74) is 1.26. The molecular formula is C16H16F3NO. The number of halogens is 3. The van der Waals surface area contributed by atoms with Crippen LogP contribution in [0.4, 0.5) is 18.9 Å². The van der Waals surface area contributed by atoms with E-state index >= 15 is 0 Å². The summed E-state index contributed by atoms with van der Waals surface area (Å²) in [5.74, 6) is -0.258. The van der Waals surface area contributed by atoms with Crippen LogP contribution < -0.4 is 10.1 Å². The van der Waals surface area contributed by atoms with Gasteiger partial charge in [0.15, 0.2) is 11.6 Å². The molecule has 2 aromatic rings. The Morgan fingerprint density at radius 3 is 2.62 bits per heavy atom. The lowest BCUT2D eigenvalue weighted by atomic mass is 10.1. The summed E-state index contributed by atoms with van der Waals surface area (Å²) in [7, 11) is 0. The Bertz CT molecular complexity index is 602. The molecule has 0 atom stereocenters. The standard InChI is InChI=1S/C16H16F3NO/c1-2-21-15-7-6-13(9-14(15)17)20-10-11-4-3-5-12(8-11)16(18)19/h3-9,16,20H,2,10H2,1H3. The van der Waals surface area contributed by atoms with E-state index in [4.69, 9.17) is 4.74 Å². The predicted octanol–water partition coefficient (Wildman–Crippen LogP) is 4.77. The highest BCUT2D eigenvalue weighted by Crippen LogP contribution is 2.23. The molecule has 2 rings (SSSR count). The van der Waals surface area contributed by atoms with Gasteiger partial charge < -0.3 is 10.1 Å². The highest BCUT2D eigenvalue weighted by Gasteiger charge is 2.07. The minimum absolute atomic E-state index is 0.0211. The molecule has 0 spiro atoms. The number of rotatable bonds is 6. The van der Waals surface area contributed by atoms with Crippen LogP contribution >= 0.6 is 0 Å². The number of hydrogen-bond acceptors (Lipinski definition) is 2. The summed E-state index contributed by atoms with van der Waals surface area (Å²) in [4.78, 5) is 0. The van der Waals surface area contributed by atoms with Crippen LogP contribution in [-0.4, -0.2) is 6.61 Å². The minimum atomic E-state index is -2.49. The predicted molar refractivity (Wildman–Crippen MR) is 76.3 cm³/mol. The maximum atomic E-state index is 13.7. The van der Waals surface area contributed by atoms with E-state index in [1.807, 2.05) is 0 Å². The maximum Gasteiger partial charge on any atom is 0.263 e. The van der Waals surface area contributed by atoms with E-state index in [-0.39, 0.29) is 11.3 Å². The highest BCUT2D eigenvalue weighted by molar-refractivity contribution is 5.47. The van der Waals surface area contributed by atoms with Gasteiger partial charge in [0.2, 0.25) is 0 Å². The Labute approximate surface area is 121 Å². The molecule has 0 amide bonds. The van der Waals surface area contributed by atoms with Gasteiger partial charge in [0.1, 0.15) is 0 Å². The number of alkyl halides is 2. The highest BCUT2D eigenvalue weighted by atomic mass is 19.3. The zero-order chi connectivity index (χ0) is 15.2. The molecule has 0 aromatic heterocycles. The number of anilines is 1. The van der Waals surface area contributed by atoms with Crippen molar-refractivity contribution < 1.29 is 17.9 Å². The minimum Gasteiger partial charge on any atom is -0.491 e. The number of nitrogens with one attached hydrogen (secondary N) is 1.